The van der Waals surface area contributed by atoms with Crippen LogP contribution in [0.4, 0.5) is 17.1 Å². The molecule has 0 spiro atoms. The molecule has 0 saturated heterocycles. The number of hydrogen-bond acceptors (Lipinski definition) is 1. The first-order valence-corrected chi connectivity index (χ1v) is 24.8. The van der Waals surface area contributed by atoms with Crippen molar-refractivity contribution in [1.29, 1.82) is 0 Å². The Balaban J connectivity index is 1.08. The molecule has 0 bridgehead atoms. The van der Waals surface area contributed by atoms with E-state index in [1.807, 2.05) is 0 Å². The summed E-state index contributed by atoms with van der Waals surface area (Å²) < 4.78 is 0. The van der Waals surface area contributed by atoms with E-state index < -0.39 is 16.1 Å². The monoisotopic (exact) mass is 711 g/mol. The maximum atomic E-state index is 2.50. The fraction of sp³-hybridized carbons (Fsp3) is 0.0800. The molecule has 2 aliphatic heterocycles. The first kappa shape index (κ1) is 31.9. The van der Waals surface area contributed by atoms with Crippen LogP contribution in [-0.2, 0) is 0 Å². The third kappa shape index (κ3) is 4.95. The Kier molecular flexibility index (Phi) is 7.17. The van der Waals surface area contributed by atoms with Gasteiger partial charge in [-0.1, -0.05) is 166 Å². The minimum absolute atomic E-state index is 1.16. The van der Waals surface area contributed by atoms with Gasteiger partial charge in [0.15, 0.2) is 0 Å². The van der Waals surface area contributed by atoms with Gasteiger partial charge in [-0.2, -0.15) is 0 Å². The second-order valence-electron chi connectivity index (χ2n) is 15.8. The molecule has 0 fully saturated rings. The van der Waals surface area contributed by atoms with Crippen molar-refractivity contribution in [2.75, 3.05) is 4.90 Å². The molecule has 2 aliphatic rings. The van der Waals surface area contributed by atoms with Gasteiger partial charge in [0.25, 0.3) is 0 Å². The number of anilines is 3. The van der Waals surface area contributed by atoms with Gasteiger partial charge in [-0.15, -0.1) is 0 Å². The molecule has 0 aromatic heterocycles. The predicted molar refractivity (Wildman–Crippen MR) is 234 cm³/mol. The van der Waals surface area contributed by atoms with Gasteiger partial charge in [0.1, 0.15) is 16.1 Å². The highest BCUT2D eigenvalue weighted by Crippen LogP contribution is 2.44. The Morgan fingerprint density at radius 3 is 1.53 bits per heavy atom. The zero-order valence-electron chi connectivity index (χ0n) is 30.7. The fourth-order valence-electron chi connectivity index (χ4n) is 9.21. The van der Waals surface area contributed by atoms with Gasteiger partial charge in [-0.25, -0.2) is 0 Å². The van der Waals surface area contributed by atoms with E-state index in [0.29, 0.717) is 0 Å². The van der Waals surface area contributed by atoms with Gasteiger partial charge >= 0.3 is 0 Å². The minimum Gasteiger partial charge on any atom is -0.310 e. The van der Waals surface area contributed by atoms with Crippen LogP contribution in [0.3, 0.4) is 0 Å². The topological polar surface area (TPSA) is 3.24 Å². The van der Waals surface area contributed by atoms with Gasteiger partial charge in [-0.05, 0) is 107 Å². The van der Waals surface area contributed by atoms with Crippen molar-refractivity contribution in [2.45, 2.75) is 26.2 Å². The second-order valence-corrected chi connectivity index (χ2v) is 24.4. The van der Waals surface area contributed by atoms with Crippen LogP contribution < -0.4 is 25.6 Å². The molecular weight excluding hydrogens is 671 g/mol. The molecule has 8 aromatic rings. The Morgan fingerprint density at radius 1 is 0.340 bits per heavy atom. The summed E-state index contributed by atoms with van der Waals surface area (Å²) in [5, 5.41) is 8.65. The summed E-state index contributed by atoms with van der Waals surface area (Å²) in [6.45, 7) is 9.99. The Morgan fingerprint density at radius 2 is 0.830 bits per heavy atom. The van der Waals surface area contributed by atoms with Crippen molar-refractivity contribution in [3.05, 3.63) is 176 Å². The molecule has 2 heterocycles. The summed E-state index contributed by atoms with van der Waals surface area (Å²) in [7, 11) is -3.62. The van der Waals surface area contributed by atoms with Gasteiger partial charge in [0.05, 0.1) is 5.69 Å². The summed E-state index contributed by atoms with van der Waals surface area (Å²) in [6, 6.07) is 66.1. The van der Waals surface area contributed by atoms with Crippen molar-refractivity contribution >= 4 is 64.7 Å². The molecular formula is C50H41NSi2. The van der Waals surface area contributed by atoms with E-state index in [1.165, 1.54) is 71.3 Å². The first-order valence-electron chi connectivity index (χ1n) is 18.8. The molecule has 8 aromatic carbocycles. The largest absolute Gasteiger partial charge is 0.310 e. The van der Waals surface area contributed by atoms with E-state index in [1.54, 1.807) is 10.4 Å². The van der Waals surface area contributed by atoms with E-state index >= 15 is 0 Å². The molecule has 0 atom stereocenters. The number of rotatable bonds is 5. The van der Waals surface area contributed by atoms with Crippen molar-refractivity contribution < 1.29 is 0 Å². The highest BCUT2D eigenvalue weighted by Gasteiger charge is 2.40. The number of hydrogen-bond donors (Lipinski definition) is 0. The smallest absolute Gasteiger partial charge is 0.113 e. The summed E-state index contributed by atoms with van der Waals surface area (Å²) in [5.74, 6) is 0. The summed E-state index contributed by atoms with van der Waals surface area (Å²) >= 11 is 0. The average molecular weight is 712 g/mol. The lowest BCUT2D eigenvalue weighted by Gasteiger charge is -2.29. The maximum Gasteiger partial charge on any atom is 0.113 e. The van der Waals surface area contributed by atoms with Crippen LogP contribution in [0, 0.1) is 0 Å². The lowest BCUT2D eigenvalue weighted by Crippen LogP contribution is -2.49. The highest BCUT2D eigenvalue weighted by atomic mass is 28.3. The van der Waals surface area contributed by atoms with Crippen LogP contribution in [-0.4, -0.2) is 16.1 Å². The summed E-state index contributed by atoms with van der Waals surface area (Å²) in [5.41, 5.74) is 14.2. The molecule has 0 amide bonds. The molecule has 0 unspecified atom stereocenters. The van der Waals surface area contributed by atoms with E-state index in [2.05, 4.69) is 207 Å². The fourth-order valence-corrected chi connectivity index (χ4v) is 15.4. The van der Waals surface area contributed by atoms with Gasteiger partial charge in [0, 0.05) is 16.9 Å². The average Bonchev–Trinajstić information content (AvgIpc) is 3.58. The molecule has 254 valence electrons. The molecule has 1 nitrogen and oxygen atoms in total. The zero-order valence-corrected chi connectivity index (χ0v) is 32.7. The van der Waals surface area contributed by atoms with E-state index in [0.717, 1.165) is 11.4 Å². The van der Waals surface area contributed by atoms with Gasteiger partial charge in [0.2, 0.25) is 0 Å². The van der Waals surface area contributed by atoms with Crippen LogP contribution in [0.25, 0.3) is 55.3 Å². The standard InChI is InChI=1S/C50H41NSi2/c1-52(2)47-18-10-8-15-44(47)50-45(16-11-19-48(50)52)51(40-27-22-35(23-28-40)38-21-20-34-12-5-6-13-37(34)32-38)41-29-24-36(25-30-41)39-26-31-43-42-14-7-9-17-46(42)53(3,4)49(43)33-39/h5-33H,1-4H3. The zero-order chi connectivity index (χ0) is 35.9. The van der Waals surface area contributed by atoms with Crippen LogP contribution >= 0.6 is 0 Å². The number of fused-ring (bicyclic) bond motifs is 7. The number of nitrogens with zero attached hydrogens (tertiary/aromatic N) is 1. The quantitative estimate of drug-likeness (QED) is 0.161. The summed E-state index contributed by atoms with van der Waals surface area (Å²) in [6.07, 6.45) is 0. The number of benzene rings is 8. The van der Waals surface area contributed by atoms with Crippen LogP contribution in [0.1, 0.15) is 0 Å². The first-order chi connectivity index (χ1) is 25.8. The molecule has 0 radical (unpaired) electrons. The van der Waals surface area contributed by atoms with E-state index in [9.17, 15) is 0 Å². The predicted octanol–water partition coefficient (Wildman–Crippen LogP) is 11.2. The van der Waals surface area contributed by atoms with E-state index in [4.69, 9.17) is 0 Å². The Labute approximate surface area is 314 Å². The third-order valence-electron chi connectivity index (χ3n) is 12.1. The van der Waals surface area contributed by atoms with E-state index in [-0.39, 0.29) is 0 Å². The van der Waals surface area contributed by atoms with Crippen molar-refractivity contribution in [3.63, 3.8) is 0 Å². The van der Waals surface area contributed by atoms with Crippen molar-refractivity contribution in [3.8, 4) is 44.5 Å². The molecule has 3 heteroatoms. The highest BCUT2D eigenvalue weighted by molar-refractivity contribution is 7.04. The normalized spacial score (nSPS) is 14.3. The minimum atomic E-state index is -1.86. The summed E-state index contributed by atoms with van der Waals surface area (Å²) in [4.78, 5) is 2.48. The second kappa shape index (κ2) is 11.9. The lowest BCUT2D eigenvalue weighted by molar-refractivity contribution is 1.29. The molecule has 0 aliphatic carbocycles. The van der Waals surface area contributed by atoms with Crippen molar-refractivity contribution in [1.82, 2.24) is 0 Å². The molecule has 53 heavy (non-hydrogen) atoms. The lowest BCUT2D eigenvalue weighted by atomic mass is 9.99. The van der Waals surface area contributed by atoms with Crippen molar-refractivity contribution in [2.24, 2.45) is 0 Å². The molecule has 10 rings (SSSR count). The van der Waals surface area contributed by atoms with Crippen LogP contribution in [0.2, 0.25) is 26.2 Å². The third-order valence-corrected chi connectivity index (χ3v) is 19.2. The molecule has 0 saturated carbocycles. The molecule has 0 N–H and O–H groups in total. The van der Waals surface area contributed by atoms with Crippen LogP contribution in [0.5, 0.6) is 0 Å². The maximum absolute atomic E-state index is 2.50. The SMILES string of the molecule is C[Si]1(C)c2ccccc2-c2ccc(-c3ccc(N(c4ccc(-c5ccc6ccccc6c5)cc4)c4cccc5c4-c4ccccc4[Si]5(C)C)cc3)cc21. The van der Waals surface area contributed by atoms with Gasteiger partial charge < -0.3 is 4.90 Å². The Hall–Kier alpha value is -5.75. The van der Waals surface area contributed by atoms with Crippen LogP contribution in [0.15, 0.2) is 176 Å². The Bertz CT molecular complexity index is 2720. The van der Waals surface area contributed by atoms with Gasteiger partial charge in [-0.3, -0.25) is 0 Å².